The Morgan fingerprint density at radius 3 is 2.56 bits per heavy atom. The van der Waals surface area contributed by atoms with Gasteiger partial charge < -0.3 is 15.4 Å². The third-order valence-corrected chi connectivity index (χ3v) is 2.62. The van der Waals surface area contributed by atoms with Crippen molar-refractivity contribution >= 4 is 5.91 Å². The summed E-state index contributed by atoms with van der Waals surface area (Å²) in [7, 11) is 3.32. The summed E-state index contributed by atoms with van der Waals surface area (Å²) >= 11 is 0. The average Bonchev–Trinajstić information content (AvgIpc) is 2.36. The van der Waals surface area contributed by atoms with E-state index in [-0.39, 0.29) is 11.4 Å². The fourth-order valence-electron chi connectivity index (χ4n) is 1.08. The Morgan fingerprint density at radius 1 is 1.44 bits per heavy atom. The molecule has 1 rings (SSSR count). The lowest BCUT2D eigenvalue weighted by Gasteiger charge is -2.22. The largest absolute Gasteiger partial charge is 0.475 e. The molecular weight excluding hydrogens is 232 g/mol. The highest BCUT2D eigenvalue weighted by Crippen LogP contribution is 2.10. The fourth-order valence-corrected chi connectivity index (χ4v) is 1.08. The summed E-state index contributed by atoms with van der Waals surface area (Å²) < 4.78 is 5.43. The molecule has 0 aliphatic carbocycles. The predicted molar refractivity (Wildman–Crippen MR) is 68.4 cm³/mol. The van der Waals surface area contributed by atoms with Gasteiger partial charge in [0.2, 0.25) is 5.88 Å². The lowest BCUT2D eigenvalue weighted by molar-refractivity contribution is 0.0820. The molecule has 0 radical (unpaired) electrons. The van der Waals surface area contributed by atoms with Crippen LogP contribution >= 0.6 is 0 Å². The zero-order valence-electron chi connectivity index (χ0n) is 11.3. The number of nitrogens with two attached hydrogens (primary N) is 1. The Balaban J connectivity index is 2.64. The molecule has 0 fully saturated rings. The Morgan fingerprint density at radius 2 is 2.11 bits per heavy atom. The SMILES string of the molecule is CCC(C)(N)COc1ccc(C(=O)N(C)C)nn1. The molecule has 0 saturated heterocycles. The Hall–Kier alpha value is -1.69. The first-order valence-corrected chi connectivity index (χ1v) is 5.83. The third kappa shape index (κ3) is 3.96. The summed E-state index contributed by atoms with van der Waals surface area (Å²) in [4.78, 5) is 13.0. The molecule has 1 amide bonds. The van der Waals surface area contributed by atoms with Gasteiger partial charge in [-0.05, 0) is 19.4 Å². The van der Waals surface area contributed by atoms with Crippen molar-refractivity contribution < 1.29 is 9.53 Å². The van der Waals surface area contributed by atoms with Crippen molar-refractivity contribution in [3.8, 4) is 5.88 Å². The topological polar surface area (TPSA) is 81.3 Å². The van der Waals surface area contributed by atoms with E-state index in [1.807, 2.05) is 13.8 Å². The fraction of sp³-hybridized carbons (Fsp3) is 0.583. The Kier molecular flexibility index (Phi) is 4.61. The highest BCUT2D eigenvalue weighted by Gasteiger charge is 2.17. The van der Waals surface area contributed by atoms with Crippen molar-refractivity contribution in [1.82, 2.24) is 15.1 Å². The van der Waals surface area contributed by atoms with Gasteiger partial charge in [-0.1, -0.05) is 6.92 Å². The molecule has 18 heavy (non-hydrogen) atoms. The van der Waals surface area contributed by atoms with Gasteiger partial charge >= 0.3 is 0 Å². The van der Waals surface area contributed by atoms with Crippen molar-refractivity contribution in [3.63, 3.8) is 0 Å². The second-order valence-electron chi connectivity index (χ2n) is 4.75. The molecule has 1 unspecified atom stereocenters. The maximum absolute atomic E-state index is 11.6. The molecule has 0 bridgehead atoms. The van der Waals surface area contributed by atoms with E-state index in [4.69, 9.17) is 10.5 Å². The molecule has 1 heterocycles. The van der Waals surface area contributed by atoms with E-state index >= 15 is 0 Å². The van der Waals surface area contributed by atoms with Crippen molar-refractivity contribution in [2.45, 2.75) is 25.8 Å². The van der Waals surface area contributed by atoms with Crippen LogP contribution in [0.1, 0.15) is 30.8 Å². The van der Waals surface area contributed by atoms with Gasteiger partial charge in [0, 0.05) is 25.7 Å². The number of ether oxygens (including phenoxy) is 1. The van der Waals surface area contributed by atoms with Gasteiger partial charge in [-0.2, -0.15) is 0 Å². The molecule has 6 nitrogen and oxygen atoms in total. The number of amides is 1. The van der Waals surface area contributed by atoms with Gasteiger partial charge in [0.25, 0.3) is 5.91 Å². The zero-order valence-corrected chi connectivity index (χ0v) is 11.3. The summed E-state index contributed by atoms with van der Waals surface area (Å²) in [6.45, 7) is 4.26. The lowest BCUT2D eigenvalue weighted by Crippen LogP contribution is -2.41. The van der Waals surface area contributed by atoms with Crippen LogP contribution in [0.3, 0.4) is 0 Å². The van der Waals surface area contributed by atoms with E-state index in [2.05, 4.69) is 10.2 Å². The maximum atomic E-state index is 11.6. The van der Waals surface area contributed by atoms with Gasteiger partial charge in [-0.25, -0.2) is 0 Å². The molecule has 0 saturated carbocycles. The van der Waals surface area contributed by atoms with Crippen molar-refractivity contribution in [3.05, 3.63) is 17.8 Å². The molecule has 6 heteroatoms. The minimum atomic E-state index is -0.389. The molecule has 100 valence electrons. The molecule has 0 aliphatic rings. The summed E-state index contributed by atoms with van der Waals surface area (Å²) in [6.07, 6.45) is 0.803. The molecule has 0 aliphatic heterocycles. The molecule has 0 aromatic carbocycles. The van der Waals surface area contributed by atoms with Crippen LogP contribution in [0.25, 0.3) is 0 Å². The van der Waals surface area contributed by atoms with Crippen molar-refractivity contribution in [2.24, 2.45) is 5.73 Å². The zero-order chi connectivity index (χ0) is 13.8. The van der Waals surface area contributed by atoms with Crippen LogP contribution in [0, 0.1) is 0 Å². The number of aromatic nitrogens is 2. The maximum Gasteiger partial charge on any atom is 0.273 e. The number of nitrogens with zero attached hydrogens (tertiary/aromatic N) is 3. The molecule has 0 spiro atoms. The average molecular weight is 252 g/mol. The van der Waals surface area contributed by atoms with Gasteiger partial charge in [0.1, 0.15) is 6.61 Å². The quantitative estimate of drug-likeness (QED) is 0.833. The van der Waals surface area contributed by atoms with Crippen molar-refractivity contribution in [1.29, 1.82) is 0 Å². The summed E-state index contributed by atoms with van der Waals surface area (Å²) in [5.74, 6) is 0.182. The van der Waals surface area contributed by atoms with Crippen LogP contribution in [0.5, 0.6) is 5.88 Å². The second kappa shape index (κ2) is 5.77. The highest BCUT2D eigenvalue weighted by molar-refractivity contribution is 5.91. The highest BCUT2D eigenvalue weighted by atomic mass is 16.5. The Labute approximate surface area is 107 Å². The first kappa shape index (κ1) is 14.4. The minimum absolute atomic E-state index is 0.189. The summed E-state index contributed by atoms with van der Waals surface area (Å²) in [5.41, 5.74) is 5.85. The van der Waals surface area contributed by atoms with E-state index in [0.29, 0.717) is 18.2 Å². The lowest BCUT2D eigenvalue weighted by atomic mass is 10.0. The van der Waals surface area contributed by atoms with Gasteiger partial charge in [-0.3, -0.25) is 4.79 Å². The molecular formula is C12H20N4O2. The Bertz CT molecular complexity index is 401. The van der Waals surface area contributed by atoms with E-state index in [0.717, 1.165) is 6.42 Å². The predicted octanol–water partition coefficient (Wildman–Crippen LogP) is 0.685. The van der Waals surface area contributed by atoms with Crippen LogP contribution in [0.15, 0.2) is 12.1 Å². The van der Waals surface area contributed by atoms with E-state index < -0.39 is 0 Å². The van der Waals surface area contributed by atoms with Gasteiger partial charge in [-0.15, -0.1) is 10.2 Å². The number of rotatable bonds is 5. The minimum Gasteiger partial charge on any atom is -0.475 e. The van der Waals surface area contributed by atoms with Crippen LogP contribution in [-0.2, 0) is 0 Å². The molecule has 1 atom stereocenters. The van der Waals surface area contributed by atoms with Gasteiger partial charge in [0.05, 0.1) is 0 Å². The number of carbonyl (C=O) groups is 1. The molecule has 2 N–H and O–H groups in total. The monoisotopic (exact) mass is 252 g/mol. The smallest absolute Gasteiger partial charge is 0.273 e. The number of carbonyl (C=O) groups excluding carboxylic acids is 1. The first-order valence-electron chi connectivity index (χ1n) is 5.83. The van der Waals surface area contributed by atoms with Crippen LogP contribution < -0.4 is 10.5 Å². The van der Waals surface area contributed by atoms with Crippen LogP contribution in [0.2, 0.25) is 0 Å². The number of hydrogen-bond acceptors (Lipinski definition) is 5. The first-order chi connectivity index (χ1) is 8.35. The third-order valence-electron chi connectivity index (χ3n) is 2.62. The van der Waals surface area contributed by atoms with E-state index in [1.165, 1.54) is 4.90 Å². The van der Waals surface area contributed by atoms with Crippen molar-refractivity contribution in [2.75, 3.05) is 20.7 Å². The van der Waals surface area contributed by atoms with Crippen LogP contribution in [0.4, 0.5) is 0 Å². The number of hydrogen-bond donors (Lipinski definition) is 1. The van der Waals surface area contributed by atoms with Crippen LogP contribution in [-0.4, -0.2) is 47.2 Å². The molecule has 1 aromatic rings. The molecule has 1 aromatic heterocycles. The summed E-state index contributed by atoms with van der Waals surface area (Å²) in [5, 5.41) is 7.66. The van der Waals surface area contributed by atoms with E-state index in [1.54, 1.807) is 26.2 Å². The van der Waals surface area contributed by atoms with Gasteiger partial charge in [0.15, 0.2) is 5.69 Å². The summed E-state index contributed by atoms with van der Waals surface area (Å²) in [6, 6.07) is 3.21. The standard InChI is InChI=1S/C12H20N4O2/c1-5-12(2,13)8-18-10-7-6-9(14-15-10)11(17)16(3)4/h6-7H,5,8,13H2,1-4H3. The second-order valence-corrected chi connectivity index (χ2v) is 4.75. The normalized spacial score (nSPS) is 13.8. The van der Waals surface area contributed by atoms with E-state index in [9.17, 15) is 4.79 Å².